The van der Waals surface area contributed by atoms with Gasteiger partial charge < -0.3 is 20.1 Å². The van der Waals surface area contributed by atoms with Gasteiger partial charge in [0, 0.05) is 32.7 Å². The van der Waals surface area contributed by atoms with Crippen molar-refractivity contribution < 1.29 is 9.47 Å². The molecule has 2 N–H and O–H groups in total. The Morgan fingerprint density at radius 2 is 2.00 bits per heavy atom. The first-order chi connectivity index (χ1) is 14.0. The summed E-state index contributed by atoms with van der Waals surface area (Å²) in [5, 5.41) is 6.79. The molecule has 30 heavy (non-hydrogen) atoms. The first-order valence-electron chi connectivity index (χ1n) is 11.0. The minimum atomic E-state index is 0. The lowest BCUT2D eigenvalue weighted by Crippen LogP contribution is -2.50. The Morgan fingerprint density at radius 1 is 1.23 bits per heavy atom. The second-order valence-corrected chi connectivity index (χ2v) is 8.40. The summed E-state index contributed by atoms with van der Waals surface area (Å²) in [6, 6.07) is 8.45. The molecule has 2 rings (SSSR count). The molecule has 0 amide bonds. The predicted molar refractivity (Wildman–Crippen MR) is 136 cm³/mol. The zero-order valence-corrected chi connectivity index (χ0v) is 21.6. The largest absolute Gasteiger partial charge is 0.374 e. The molecule has 1 aromatic rings. The van der Waals surface area contributed by atoms with Crippen molar-refractivity contribution in [2.45, 2.75) is 60.0 Å². The smallest absolute Gasteiger partial charge is 0.191 e. The van der Waals surface area contributed by atoms with Gasteiger partial charge in [0.25, 0.3) is 0 Å². The number of halogens is 1. The summed E-state index contributed by atoms with van der Waals surface area (Å²) in [5.41, 5.74) is 2.37. The van der Waals surface area contributed by atoms with Crippen molar-refractivity contribution in [3.63, 3.8) is 0 Å². The molecule has 0 radical (unpaired) electrons. The first kappa shape index (κ1) is 27.1. The first-order valence-corrected chi connectivity index (χ1v) is 11.0. The van der Waals surface area contributed by atoms with E-state index in [0.717, 1.165) is 45.3 Å². The molecule has 1 fully saturated rings. The number of hydrogen-bond donors (Lipinski definition) is 2. The summed E-state index contributed by atoms with van der Waals surface area (Å²) in [4.78, 5) is 7.25. The molecule has 6 nitrogen and oxygen atoms in total. The number of aliphatic imine (C=N–C) groups is 1. The molecular formula is C23H41IN4O2. The quantitative estimate of drug-likeness (QED) is 0.274. The second kappa shape index (κ2) is 15.0. The Hall–Kier alpha value is -0.900. The van der Waals surface area contributed by atoms with Crippen molar-refractivity contribution in [1.82, 2.24) is 15.5 Å². The number of rotatable bonds is 10. The van der Waals surface area contributed by atoms with Gasteiger partial charge in [0.2, 0.25) is 0 Å². The number of hydrogen-bond acceptors (Lipinski definition) is 4. The van der Waals surface area contributed by atoms with E-state index in [1.54, 1.807) is 0 Å². The molecule has 0 aromatic heterocycles. The zero-order valence-electron chi connectivity index (χ0n) is 19.3. The van der Waals surface area contributed by atoms with Crippen molar-refractivity contribution in [3.05, 3.63) is 35.4 Å². The maximum Gasteiger partial charge on any atom is 0.191 e. The fourth-order valence-electron chi connectivity index (χ4n) is 3.39. The summed E-state index contributed by atoms with van der Waals surface area (Å²) in [6.45, 7) is 17.5. The minimum absolute atomic E-state index is 0. The molecule has 0 spiro atoms. The molecule has 1 aromatic carbocycles. The van der Waals surface area contributed by atoms with Gasteiger partial charge in [0.15, 0.2) is 5.96 Å². The molecule has 1 atom stereocenters. The van der Waals surface area contributed by atoms with E-state index in [4.69, 9.17) is 14.5 Å². The van der Waals surface area contributed by atoms with E-state index in [1.165, 1.54) is 11.1 Å². The molecule has 1 unspecified atom stereocenters. The van der Waals surface area contributed by atoms with Crippen LogP contribution in [0.5, 0.6) is 0 Å². The van der Waals surface area contributed by atoms with Gasteiger partial charge in [-0.2, -0.15) is 0 Å². The Bertz CT molecular complexity index is 625. The lowest BCUT2D eigenvalue weighted by atomic mass is 10.1. The van der Waals surface area contributed by atoms with Crippen LogP contribution in [0.25, 0.3) is 0 Å². The Kier molecular flexibility index (Phi) is 13.6. The molecule has 1 heterocycles. The number of nitrogens with zero attached hydrogens (tertiary/aromatic N) is 2. The fourth-order valence-corrected chi connectivity index (χ4v) is 3.39. The molecule has 7 heteroatoms. The Morgan fingerprint density at radius 3 is 2.70 bits per heavy atom. The highest BCUT2D eigenvalue weighted by Crippen LogP contribution is 2.10. The van der Waals surface area contributed by atoms with Crippen LogP contribution in [0.2, 0.25) is 0 Å². The Labute approximate surface area is 200 Å². The maximum absolute atomic E-state index is 5.94. The summed E-state index contributed by atoms with van der Waals surface area (Å²) in [7, 11) is 0. The third kappa shape index (κ3) is 10.9. The minimum Gasteiger partial charge on any atom is -0.374 e. The van der Waals surface area contributed by atoms with Crippen LogP contribution in [0.3, 0.4) is 0 Å². The monoisotopic (exact) mass is 532 g/mol. The highest BCUT2D eigenvalue weighted by molar-refractivity contribution is 14.0. The summed E-state index contributed by atoms with van der Waals surface area (Å²) in [6.07, 6.45) is 0.433. The van der Waals surface area contributed by atoms with Crippen molar-refractivity contribution in [1.29, 1.82) is 0 Å². The van der Waals surface area contributed by atoms with Gasteiger partial charge in [0.05, 0.1) is 32.0 Å². The average molecular weight is 533 g/mol. The van der Waals surface area contributed by atoms with E-state index < -0.39 is 0 Å². The van der Waals surface area contributed by atoms with E-state index >= 15 is 0 Å². The van der Waals surface area contributed by atoms with Crippen molar-refractivity contribution in [3.8, 4) is 0 Å². The molecular weight excluding hydrogens is 491 g/mol. The lowest BCUT2D eigenvalue weighted by molar-refractivity contribution is -0.0284. The lowest BCUT2D eigenvalue weighted by Gasteiger charge is -2.34. The standard InChI is InChI=1S/C23H40N4O2.HI/c1-6-24-23(26-14-22-16-27(10-11-28-22)15-18(2)3)25-13-20-8-7-9-21(12-20)17-29-19(4)5;/h7-9,12,18-19,22H,6,10-11,13-17H2,1-5H3,(H2,24,25,26);1H. The van der Waals surface area contributed by atoms with Crippen LogP contribution in [0.4, 0.5) is 0 Å². The molecule has 0 aliphatic carbocycles. The van der Waals surface area contributed by atoms with Crippen LogP contribution < -0.4 is 10.6 Å². The third-order valence-electron chi connectivity index (χ3n) is 4.68. The number of guanidine groups is 1. The van der Waals surface area contributed by atoms with Crippen LogP contribution in [-0.2, 0) is 22.6 Å². The van der Waals surface area contributed by atoms with Gasteiger partial charge in [-0.15, -0.1) is 24.0 Å². The van der Waals surface area contributed by atoms with Crippen LogP contribution in [0.15, 0.2) is 29.3 Å². The van der Waals surface area contributed by atoms with E-state index in [-0.39, 0.29) is 36.2 Å². The normalized spacial score (nSPS) is 17.8. The number of benzene rings is 1. The fraction of sp³-hybridized carbons (Fsp3) is 0.696. The Balaban J connectivity index is 0.00000450. The van der Waals surface area contributed by atoms with Gasteiger partial charge in [-0.3, -0.25) is 4.90 Å². The van der Waals surface area contributed by atoms with Crippen molar-refractivity contribution >= 4 is 29.9 Å². The van der Waals surface area contributed by atoms with Crippen molar-refractivity contribution in [2.24, 2.45) is 10.9 Å². The zero-order chi connectivity index (χ0) is 21.1. The number of ether oxygens (including phenoxy) is 2. The topological polar surface area (TPSA) is 58.1 Å². The molecule has 0 saturated carbocycles. The van der Waals surface area contributed by atoms with Crippen LogP contribution >= 0.6 is 24.0 Å². The molecule has 1 saturated heterocycles. The second-order valence-electron chi connectivity index (χ2n) is 8.40. The van der Waals surface area contributed by atoms with Gasteiger partial charge in [-0.25, -0.2) is 4.99 Å². The average Bonchev–Trinajstić information content (AvgIpc) is 2.68. The van der Waals surface area contributed by atoms with Crippen molar-refractivity contribution in [2.75, 3.05) is 39.3 Å². The SMILES string of the molecule is CCNC(=NCc1cccc(COC(C)C)c1)NCC1CN(CC(C)C)CCO1.I. The van der Waals surface area contributed by atoms with Gasteiger partial charge >= 0.3 is 0 Å². The maximum atomic E-state index is 5.94. The molecule has 1 aliphatic rings. The van der Waals surface area contributed by atoms with E-state index in [2.05, 4.69) is 74.4 Å². The van der Waals surface area contributed by atoms with E-state index in [1.807, 2.05) is 0 Å². The molecule has 1 aliphatic heterocycles. The highest BCUT2D eigenvalue weighted by atomic mass is 127. The summed E-state index contributed by atoms with van der Waals surface area (Å²) in [5.74, 6) is 1.52. The van der Waals surface area contributed by atoms with Crippen LogP contribution in [-0.4, -0.2) is 62.4 Å². The van der Waals surface area contributed by atoms with Crippen LogP contribution in [0.1, 0.15) is 45.7 Å². The van der Waals surface area contributed by atoms with Gasteiger partial charge in [-0.05, 0) is 37.8 Å². The number of nitrogens with one attached hydrogen (secondary N) is 2. The van der Waals surface area contributed by atoms with Crippen LogP contribution in [0, 0.1) is 5.92 Å². The van der Waals surface area contributed by atoms with Gasteiger partial charge in [0.1, 0.15) is 0 Å². The predicted octanol–water partition coefficient (Wildman–Crippen LogP) is 3.64. The van der Waals surface area contributed by atoms with Gasteiger partial charge in [-0.1, -0.05) is 38.1 Å². The highest BCUT2D eigenvalue weighted by Gasteiger charge is 2.21. The number of morpholine rings is 1. The summed E-state index contributed by atoms with van der Waals surface area (Å²) < 4.78 is 11.6. The molecule has 172 valence electrons. The molecule has 0 bridgehead atoms. The third-order valence-corrected chi connectivity index (χ3v) is 4.68. The summed E-state index contributed by atoms with van der Waals surface area (Å²) >= 11 is 0. The van der Waals surface area contributed by atoms with E-state index in [9.17, 15) is 0 Å². The van der Waals surface area contributed by atoms with E-state index in [0.29, 0.717) is 19.1 Å².